The summed E-state index contributed by atoms with van der Waals surface area (Å²) in [5.41, 5.74) is 2.89. The number of amides is 2. The summed E-state index contributed by atoms with van der Waals surface area (Å²) in [5, 5.41) is 3.54. The van der Waals surface area contributed by atoms with Crippen molar-refractivity contribution in [3.63, 3.8) is 0 Å². The fourth-order valence-corrected chi connectivity index (χ4v) is 3.30. The fraction of sp³-hybridized carbons (Fsp3) is 0.258. The Morgan fingerprint density at radius 3 is 1.26 bits per heavy atom. The smallest absolute Gasteiger partial charge is 0.182 e. The molecule has 0 N–H and O–H groups in total. The minimum atomic E-state index is -0.546. The molecule has 3 aromatic rings. The van der Waals surface area contributed by atoms with Crippen LogP contribution in [-0.2, 0) is 540 Å². The van der Waals surface area contributed by atoms with Gasteiger partial charge in [0.25, 0.3) is 0 Å². The number of carbonyl (C=O) groups excluding carboxylic acids is 3. The molecular formula is C31H38N6O5Y16-2. The molecule has 0 aliphatic carbocycles. The fourth-order valence-electron chi connectivity index (χ4n) is 3.30. The van der Waals surface area contributed by atoms with Gasteiger partial charge in [0.2, 0.25) is 0 Å². The molecule has 0 atom stereocenters. The zero-order valence-electron chi connectivity index (χ0n) is 33.4. The van der Waals surface area contributed by atoms with E-state index < -0.39 is 11.5 Å². The van der Waals surface area contributed by atoms with Crippen LogP contribution in [0.4, 0.5) is 11.4 Å². The van der Waals surface area contributed by atoms with Crippen molar-refractivity contribution in [3.05, 3.63) is 109 Å². The van der Waals surface area contributed by atoms with Gasteiger partial charge in [0.05, 0.1) is 11.6 Å². The average molecular weight is 2000 g/mol. The molecule has 1 fully saturated rings. The third kappa shape index (κ3) is 45.8. The van der Waals surface area contributed by atoms with Crippen molar-refractivity contribution in [2.75, 3.05) is 45.0 Å². The summed E-state index contributed by atoms with van der Waals surface area (Å²) in [6.45, 7) is 6.97. The van der Waals surface area contributed by atoms with E-state index in [1.165, 1.54) is 9.47 Å². The van der Waals surface area contributed by atoms with Crippen molar-refractivity contribution in [2.45, 2.75) is 13.8 Å². The summed E-state index contributed by atoms with van der Waals surface area (Å²) in [7, 11) is 10.9. The summed E-state index contributed by atoms with van der Waals surface area (Å²) in [5.74, 6) is -0.431. The molecule has 1 aliphatic rings. The molecule has 4 rings (SSSR count). The molecule has 0 bridgehead atoms. The number of rotatable bonds is 4. The van der Waals surface area contributed by atoms with Crippen LogP contribution in [0.5, 0.6) is 0 Å². The van der Waals surface area contributed by atoms with Crippen molar-refractivity contribution >= 4 is 42.1 Å². The van der Waals surface area contributed by atoms with Gasteiger partial charge < -0.3 is 29.6 Å². The largest absolute Gasteiger partial charge is 0.418 e. The topological polar surface area (TPSA) is 128 Å². The van der Waals surface area contributed by atoms with E-state index in [1.54, 1.807) is 20.2 Å². The van der Waals surface area contributed by atoms with Crippen LogP contribution in [0.15, 0.2) is 70.5 Å². The number of carbonyl (C=O) groups is 3. The van der Waals surface area contributed by atoms with E-state index in [2.05, 4.69) is 23.5 Å². The SMILES string of the molecule is C.C=C1[N-]C(=O)CC(=O)N1C.C=c1[n-]c(=O)c(=Cc2ccc(N(C)C)cc2)c(=O)n1C.CN(C)c1ccc(C=O)cc1.[Y].[Y].[Y].[Y].[Y].[Y].[Y].[Y].[Y].[Y].[Y].[Y].[Y].[Y].[Y].[Y]. The molecule has 1 aliphatic heterocycles. The first kappa shape index (κ1) is 115. The van der Waals surface area contributed by atoms with Gasteiger partial charge in [0.1, 0.15) is 6.29 Å². The van der Waals surface area contributed by atoms with E-state index in [0.29, 0.717) is 0 Å². The normalized spacial score (nSPS) is 9.10. The molecule has 58 heavy (non-hydrogen) atoms. The summed E-state index contributed by atoms with van der Waals surface area (Å²) in [6.07, 6.45) is 2.27. The van der Waals surface area contributed by atoms with Gasteiger partial charge in [-0.2, -0.15) is 0 Å². The van der Waals surface area contributed by atoms with E-state index in [0.717, 1.165) is 28.8 Å². The Labute approximate surface area is 747 Å². The number of benzene rings is 2. The molecule has 2 heterocycles. The molecule has 272 valence electrons. The summed E-state index contributed by atoms with van der Waals surface area (Å²) in [6, 6.07) is 15.0. The first-order chi connectivity index (χ1) is 19.2. The maximum Gasteiger partial charge on any atom is 0.182 e. The molecule has 2 amide bonds. The third-order valence-corrected chi connectivity index (χ3v) is 5.97. The number of anilines is 2. The second-order valence-corrected chi connectivity index (χ2v) is 9.40. The summed E-state index contributed by atoms with van der Waals surface area (Å²) in [4.78, 5) is 64.4. The van der Waals surface area contributed by atoms with Crippen molar-refractivity contribution in [2.24, 2.45) is 7.05 Å². The van der Waals surface area contributed by atoms with Gasteiger partial charge in [0.15, 0.2) is 22.9 Å². The van der Waals surface area contributed by atoms with E-state index in [1.807, 2.05) is 86.5 Å². The molecule has 1 aromatic heterocycles. The maximum atomic E-state index is 12.0. The maximum absolute atomic E-state index is 12.0. The van der Waals surface area contributed by atoms with Gasteiger partial charge in [-0.25, -0.2) is 0 Å². The second-order valence-electron chi connectivity index (χ2n) is 9.40. The van der Waals surface area contributed by atoms with Crippen LogP contribution < -0.4 is 36.6 Å². The third-order valence-electron chi connectivity index (χ3n) is 5.97. The Morgan fingerprint density at radius 1 is 0.603 bits per heavy atom. The van der Waals surface area contributed by atoms with Crippen LogP contribution in [-0.4, -0.2) is 62.8 Å². The first-order valence-corrected chi connectivity index (χ1v) is 12.4. The first-order valence-electron chi connectivity index (χ1n) is 12.4. The van der Waals surface area contributed by atoms with E-state index >= 15 is 0 Å². The standard InChI is InChI=1S/C15H17N3O2.C9H11NO.C6H8N2O2.CH4.16Y/c1-10-16-14(19)13(15(20)18(10)4)9-11-5-7-12(8-6-11)17(2)3;1-10(2)9-5-3-8(7-11)4-6-9;1-4-7-5(9)3-6(10)8(4)2;;;;;;;;;;;;;;;;;/h5-9H,1H2,2-4H3,(H,16,19);3-7H,1-2H3;1,3H2,2H3,(H,7,9);1H4;;;;;;;;;;;;;;;;/p-2. The van der Waals surface area contributed by atoms with Crippen molar-refractivity contribution < 1.29 is 538 Å². The monoisotopic (exact) mass is 2000 g/mol. The number of nitrogens with zero attached hydrogens (tertiary/aromatic N) is 6. The molecule has 16 radical (unpaired) electrons. The molecule has 27 heteroatoms. The van der Waals surface area contributed by atoms with Gasteiger partial charge in [-0.1, -0.05) is 58.1 Å². The van der Waals surface area contributed by atoms with Gasteiger partial charge >= 0.3 is 0 Å². The van der Waals surface area contributed by atoms with E-state index in [4.69, 9.17) is 0 Å². The van der Waals surface area contributed by atoms with Gasteiger partial charge in [-0.05, 0) is 48.0 Å². The predicted octanol–water partition coefficient (Wildman–Crippen LogP) is 1.39. The van der Waals surface area contributed by atoms with Crippen LogP contribution in [0.1, 0.15) is 29.8 Å². The minimum Gasteiger partial charge on any atom is -0.418 e. The van der Waals surface area contributed by atoms with Crippen LogP contribution >= 0.6 is 0 Å². The number of hydrogen-bond donors (Lipinski definition) is 0. The molecular weight excluding hydrogens is 1960 g/mol. The zero-order chi connectivity index (χ0) is 30.9. The molecule has 0 unspecified atom stereocenters. The summed E-state index contributed by atoms with van der Waals surface area (Å²) < 4.78 is 1.27. The number of hydrogen-bond acceptors (Lipinski definition) is 7. The quantitative estimate of drug-likeness (QED) is 0.284. The number of aromatic nitrogens is 2. The number of aldehydes is 1. The predicted molar refractivity (Wildman–Crippen MR) is 168 cm³/mol. The van der Waals surface area contributed by atoms with Crippen molar-refractivity contribution in [1.82, 2.24) is 14.5 Å². The Hall–Kier alpha value is 12.5. The Kier molecular flexibility index (Phi) is 130. The van der Waals surface area contributed by atoms with Gasteiger partial charge in [-0.3, -0.25) is 24.0 Å². The van der Waals surface area contributed by atoms with Crippen LogP contribution in [0.3, 0.4) is 0 Å². The second kappa shape index (κ2) is 65.6. The zero-order valence-corrected chi connectivity index (χ0v) is 78.8. The van der Waals surface area contributed by atoms with Crippen molar-refractivity contribution in [1.29, 1.82) is 0 Å². The summed E-state index contributed by atoms with van der Waals surface area (Å²) >= 11 is 0. The Balaban J connectivity index is -0.0000000299. The van der Waals surface area contributed by atoms with E-state index in [-0.39, 0.29) is 565 Å². The van der Waals surface area contributed by atoms with Crippen LogP contribution in [0.25, 0.3) is 18.0 Å². The molecule has 11 nitrogen and oxygen atoms in total. The molecule has 0 saturated carbocycles. The Bertz CT molecular complexity index is 1660. The minimum absolute atomic E-state index is 0. The van der Waals surface area contributed by atoms with Gasteiger partial charge in [0, 0.05) is 568 Å². The van der Waals surface area contributed by atoms with E-state index in [9.17, 15) is 24.0 Å². The van der Waals surface area contributed by atoms with Crippen molar-refractivity contribution in [3.8, 4) is 0 Å². The van der Waals surface area contributed by atoms with Gasteiger partial charge in [-0.15, -0.1) is 0 Å². The average Bonchev–Trinajstić information content (AvgIpc) is 2.93. The van der Waals surface area contributed by atoms with Crippen LogP contribution in [0.2, 0.25) is 0 Å². The molecule has 2 aromatic carbocycles. The molecule has 0 spiro atoms. The Morgan fingerprint density at radius 2 is 0.948 bits per heavy atom. The van der Waals surface area contributed by atoms with Crippen LogP contribution in [0, 0.1) is 0 Å². The molecule has 1 saturated heterocycles.